The molecule has 0 radical (unpaired) electrons. The lowest BCUT2D eigenvalue weighted by Crippen LogP contribution is -2.18. The molecule has 0 fully saturated rings. The molecular formula is C16H21N3. The molecule has 0 aliphatic rings. The summed E-state index contributed by atoms with van der Waals surface area (Å²) in [6.07, 6.45) is 4.93. The van der Waals surface area contributed by atoms with Crippen LogP contribution < -0.4 is 10.2 Å². The second kappa shape index (κ2) is 6.90. The molecular weight excluding hydrogens is 234 g/mol. The van der Waals surface area contributed by atoms with Crippen LogP contribution in [0.1, 0.15) is 18.9 Å². The fourth-order valence-electron chi connectivity index (χ4n) is 2.06. The SMILES string of the molecule is CCCNCc1ccncc1N(C)c1ccccc1. The zero-order valence-corrected chi connectivity index (χ0v) is 11.6. The fraction of sp³-hybridized carbons (Fsp3) is 0.312. The maximum absolute atomic E-state index is 4.25. The Labute approximate surface area is 115 Å². The van der Waals surface area contributed by atoms with Gasteiger partial charge in [0.05, 0.1) is 11.9 Å². The second-order valence-electron chi connectivity index (χ2n) is 4.58. The molecule has 0 atom stereocenters. The second-order valence-corrected chi connectivity index (χ2v) is 4.58. The summed E-state index contributed by atoms with van der Waals surface area (Å²) in [5.74, 6) is 0. The first-order chi connectivity index (χ1) is 9.33. The molecule has 0 aliphatic heterocycles. The van der Waals surface area contributed by atoms with Gasteiger partial charge in [0.15, 0.2) is 0 Å². The predicted octanol–water partition coefficient (Wildman–Crippen LogP) is 3.35. The molecule has 0 saturated carbocycles. The third-order valence-electron chi connectivity index (χ3n) is 3.13. The molecule has 0 unspecified atom stereocenters. The molecule has 0 amide bonds. The Hall–Kier alpha value is -1.87. The third kappa shape index (κ3) is 3.55. The van der Waals surface area contributed by atoms with Crippen molar-refractivity contribution in [3.8, 4) is 0 Å². The zero-order valence-electron chi connectivity index (χ0n) is 11.6. The molecule has 100 valence electrons. The van der Waals surface area contributed by atoms with Crippen LogP contribution in [0.3, 0.4) is 0 Å². The lowest BCUT2D eigenvalue weighted by atomic mass is 10.2. The Kier molecular flexibility index (Phi) is 4.93. The number of hydrogen-bond acceptors (Lipinski definition) is 3. The van der Waals surface area contributed by atoms with Crippen molar-refractivity contribution in [1.82, 2.24) is 10.3 Å². The van der Waals surface area contributed by atoms with Gasteiger partial charge in [-0.25, -0.2) is 0 Å². The van der Waals surface area contributed by atoms with Gasteiger partial charge in [0.25, 0.3) is 0 Å². The summed E-state index contributed by atoms with van der Waals surface area (Å²) >= 11 is 0. The van der Waals surface area contributed by atoms with Crippen molar-refractivity contribution >= 4 is 11.4 Å². The van der Waals surface area contributed by atoms with E-state index in [0.29, 0.717) is 0 Å². The average molecular weight is 255 g/mol. The summed E-state index contributed by atoms with van der Waals surface area (Å²) in [7, 11) is 2.08. The molecule has 1 aromatic heterocycles. The van der Waals surface area contributed by atoms with E-state index < -0.39 is 0 Å². The molecule has 1 N–H and O–H groups in total. The Balaban J connectivity index is 2.19. The van der Waals surface area contributed by atoms with Crippen LogP contribution in [0, 0.1) is 0 Å². The minimum atomic E-state index is 0.878. The quantitative estimate of drug-likeness (QED) is 0.802. The summed E-state index contributed by atoms with van der Waals surface area (Å²) in [6.45, 7) is 4.09. The summed E-state index contributed by atoms with van der Waals surface area (Å²) in [6, 6.07) is 12.4. The van der Waals surface area contributed by atoms with E-state index in [1.54, 1.807) is 0 Å². The Bertz CT molecular complexity index is 496. The van der Waals surface area contributed by atoms with E-state index in [2.05, 4.69) is 59.5 Å². The molecule has 2 rings (SSSR count). The maximum Gasteiger partial charge on any atom is 0.0640 e. The highest BCUT2D eigenvalue weighted by Crippen LogP contribution is 2.25. The topological polar surface area (TPSA) is 28.2 Å². The van der Waals surface area contributed by atoms with Crippen molar-refractivity contribution in [2.24, 2.45) is 0 Å². The molecule has 19 heavy (non-hydrogen) atoms. The van der Waals surface area contributed by atoms with Crippen LogP contribution >= 0.6 is 0 Å². The van der Waals surface area contributed by atoms with Crippen LogP contribution in [0.25, 0.3) is 0 Å². The lowest BCUT2D eigenvalue weighted by molar-refractivity contribution is 0.675. The van der Waals surface area contributed by atoms with Crippen LogP contribution in [-0.2, 0) is 6.54 Å². The first kappa shape index (κ1) is 13.6. The molecule has 3 heteroatoms. The monoisotopic (exact) mass is 255 g/mol. The van der Waals surface area contributed by atoms with Gasteiger partial charge in [0.1, 0.15) is 0 Å². The van der Waals surface area contributed by atoms with Crippen molar-refractivity contribution in [3.05, 3.63) is 54.4 Å². The summed E-state index contributed by atoms with van der Waals surface area (Å²) in [4.78, 5) is 6.43. The fourth-order valence-corrected chi connectivity index (χ4v) is 2.06. The van der Waals surface area contributed by atoms with Gasteiger partial charge in [-0.3, -0.25) is 4.98 Å². The maximum atomic E-state index is 4.25. The van der Waals surface area contributed by atoms with E-state index in [0.717, 1.165) is 25.2 Å². The van der Waals surface area contributed by atoms with E-state index in [-0.39, 0.29) is 0 Å². The minimum Gasteiger partial charge on any atom is -0.343 e. The number of nitrogens with zero attached hydrogens (tertiary/aromatic N) is 2. The van der Waals surface area contributed by atoms with Crippen molar-refractivity contribution in [3.63, 3.8) is 0 Å². The van der Waals surface area contributed by atoms with E-state index in [9.17, 15) is 0 Å². The number of hydrogen-bond donors (Lipinski definition) is 1. The number of aromatic nitrogens is 1. The highest BCUT2D eigenvalue weighted by atomic mass is 15.1. The summed E-state index contributed by atoms with van der Waals surface area (Å²) in [5, 5.41) is 3.44. The lowest BCUT2D eigenvalue weighted by Gasteiger charge is -2.22. The van der Waals surface area contributed by atoms with E-state index in [4.69, 9.17) is 0 Å². The van der Waals surface area contributed by atoms with Crippen LogP contribution in [0.4, 0.5) is 11.4 Å². The number of anilines is 2. The Morgan fingerprint density at radius 1 is 1.16 bits per heavy atom. The Morgan fingerprint density at radius 3 is 2.68 bits per heavy atom. The predicted molar refractivity (Wildman–Crippen MR) is 80.7 cm³/mol. The van der Waals surface area contributed by atoms with Gasteiger partial charge in [-0.2, -0.15) is 0 Å². The van der Waals surface area contributed by atoms with Crippen LogP contribution in [0.5, 0.6) is 0 Å². The zero-order chi connectivity index (χ0) is 13.5. The van der Waals surface area contributed by atoms with Crippen LogP contribution in [-0.4, -0.2) is 18.6 Å². The number of pyridine rings is 1. The standard InChI is InChI=1S/C16H21N3/c1-3-10-17-12-14-9-11-18-13-16(14)19(2)15-7-5-4-6-8-15/h4-9,11,13,17H,3,10,12H2,1-2H3. The average Bonchev–Trinajstić information content (AvgIpc) is 2.48. The van der Waals surface area contributed by atoms with Crippen molar-refractivity contribution in [1.29, 1.82) is 0 Å². The van der Waals surface area contributed by atoms with Crippen LogP contribution in [0.2, 0.25) is 0 Å². The van der Waals surface area contributed by atoms with E-state index in [1.807, 2.05) is 18.5 Å². The molecule has 1 aromatic carbocycles. The van der Waals surface area contributed by atoms with Gasteiger partial charge in [-0.05, 0) is 36.7 Å². The summed E-state index contributed by atoms with van der Waals surface area (Å²) in [5.41, 5.74) is 3.60. The highest BCUT2D eigenvalue weighted by Gasteiger charge is 2.08. The van der Waals surface area contributed by atoms with Gasteiger partial charge in [-0.1, -0.05) is 25.1 Å². The van der Waals surface area contributed by atoms with Crippen molar-refractivity contribution in [2.75, 3.05) is 18.5 Å². The largest absolute Gasteiger partial charge is 0.343 e. The molecule has 0 bridgehead atoms. The molecule has 3 nitrogen and oxygen atoms in total. The van der Waals surface area contributed by atoms with Crippen molar-refractivity contribution in [2.45, 2.75) is 19.9 Å². The van der Waals surface area contributed by atoms with Gasteiger partial charge < -0.3 is 10.2 Å². The third-order valence-corrected chi connectivity index (χ3v) is 3.13. The first-order valence-corrected chi connectivity index (χ1v) is 6.75. The number of rotatable bonds is 6. The smallest absolute Gasteiger partial charge is 0.0640 e. The Morgan fingerprint density at radius 2 is 1.95 bits per heavy atom. The number of benzene rings is 1. The van der Waals surface area contributed by atoms with Crippen molar-refractivity contribution < 1.29 is 0 Å². The van der Waals surface area contributed by atoms with Gasteiger partial charge >= 0.3 is 0 Å². The minimum absolute atomic E-state index is 0.878. The van der Waals surface area contributed by atoms with Gasteiger partial charge in [0, 0.05) is 25.5 Å². The van der Waals surface area contributed by atoms with E-state index in [1.165, 1.54) is 11.3 Å². The molecule has 2 aromatic rings. The normalized spacial score (nSPS) is 10.4. The first-order valence-electron chi connectivity index (χ1n) is 6.75. The van der Waals surface area contributed by atoms with Gasteiger partial charge in [0.2, 0.25) is 0 Å². The van der Waals surface area contributed by atoms with E-state index >= 15 is 0 Å². The van der Waals surface area contributed by atoms with Crippen LogP contribution in [0.15, 0.2) is 48.8 Å². The number of nitrogens with one attached hydrogen (secondary N) is 1. The number of para-hydroxylation sites is 1. The molecule has 0 spiro atoms. The molecule has 1 heterocycles. The summed E-state index contributed by atoms with van der Waals surface area (Å²) < 4.78 is 0. The highest BCUT2D eigenvalue weighted by molar-refractivity contribution is 5.64. The molecule has 0 aliphatic carbocycles. The molecule has 0 saturated heterocycles. The van der Waals surface area contributed by atoms with Gasteiger partial charge in [-0.15, -0.1) is 0 Å².